The van der Waals surface area contributed by atoms with Gasteiger partial charge in [0.25, 0.3) is 0 Å². The van der Waals surface area contributed by atoms with Gasteiger partial charge in [0.05, 0.1) is 6.10 Å². The van der Waals surface area contributed by atoms with E-state index in [1.807, 2.05) is 24.3 Å². The number of nitrogens with zero attached hydrogens (tertiary/aromatic N) is 2. The molecule has 1 aliphatic heterocycles. The summed E-state index contributed by atoms with van der Waals surface area (Å²) >= 11 is 0. The normalized spacial score (nSPS) is 21.9. The van der Waals surface area contributed by atoms with E-state index in [9.17, 15) is 5.11 Å². The van der Waals surface area contributed by atoms with Crippen LogP contribution in [-0.2, 0) is 6.54 Å². The lowest BCUT2D eigenvalue weighted by molar-refractivity contribution is 0.175. The highest BCUT2D eigenvalue weighted by Gasteiger charge is 2.21. The summed E-state index contributed by atoms with van der Waals surface area (Å²) in [6.07, 6.45) is 0.581. The van der Waals surface area contributed by atoms with E-state index in [-0.39, 0.29) is 11.9 Å². The zero-order valence-corrected chi connectivity index (χ0v) is 9.58. The molecule has 0 bridgehead atoms. The van der Waals surface area contributed by atoms with Crippen LogP contribution in [0.25, 0.3) is 0 Å². The summed E-state index contributed by atoms with van der Waals surface area (Å²) in [4.78, 5) is 2.16. The van der Waals surface area contributed by atoms with E-state index >= 15 is 0 Å². The van der Waals surface area contributed by atoms with Crippen molar-refractivity contribution in [1.29, 1.82) is 0 Å². The maximum atomic E-state index is 9.47. The third kappa shape index (κ3) is 2.75. The number of hydrogen-bond donors (Lipinski definition) is 3. The lowest BCUT2D eigenvalue weighted by atomic mass is 10.1. The van der Waals surface area contributed by atoms with Gasteiger partial charge in [0.2, 0.25) is 0 Å². The van der Waals surface area contributed by atoms with Crippen molar-refractivity contribution in [3.05, 3.63) is 35.4 Å². The van der Waals surface area contributed by atoms with Crippen molar-refractivity contribution < 1.29 is 10.3 Å². The van der Waals surface area contributed by atoms with E-state index in [2.05, 4.69) is 10.1 Å². The Labute approximate surface area is 100 Å². The van der Waals surface area contributed by atoms with Gasteiger partial charge in [0.1, 0.15) is 0 Å². The van der Waals surface area contributed by atoms with Gasteiger partial charge in [0, 0.05) is 25.2 Å². The molecule has 1 unspecified atom stereocenters. The zero-order chi connectivity index (χ0) is 12.3. The highest BCUT2D eigenvalue weighted by molar-refractivity contribution is 5.98. The summed E-state index contributed by atoms with van der Waals surface area (Å²) in [5.74, 6) is 0.125. The summed E-state index contributed by atoms with van der Waals surface area (Å²) < 4.78 is 0. The molecule has 1 atom stereocenters. The van der Waals surface area contributed by atoms with E-state index < -0.39 is 0 Å². The van der Waals surface area contributed by atoms with Gasteiger partial charge in [-0.25, -0.2) is 0 Å². The van der Waals surface area contributed by atoms with Crippen LogP contribution in [0.15, 0.2) is 29.4 Å². The lowest BCUT2D eigenvalue weighted by Crippen LogP contribution is -2.24. The van der Waals surface area contributed by atoms with Gasteiger partial charge in [0.15, 0.2) is 5.84 Å². The minimum atomic E-state index is -0.231. The molecule has 4 N–H and O–H groups in total. The first-order chi connectivity index (χ1) is 8.20. The van der Waals surface area contributed by atoms with Gasteiger partial charge in [-0.3, -0.25) is 4.90 Å². The molecule has 92 valence electrons. The number of aliphatic hydroxyl groups is 1. The number of oxime groups is 1. The van der Waals surface area contributed by atoms with Gasteiger partial charge in [-0.05, 0) is 12.0 Å². The topological polar surface area (TPSA) is 82.1 Å². The molecule has 5 nitrogen and oxygen atoms in total. The number of likely N-dealkylation sites (tertiary alicyclic amines) is 1. The fraction of sp³-hybridized carbons (Fsp3) is 0.417. The minimum absolute atomic E-state index is 0.125. The molecule has 1 fully saturated rings. The molecule has 0 amide bonds. The quantitative estimate of drug-likeness (QED) is 0.305. The Morgan fingerprint density at radius 1 is 1.47 bits per heavy atom. The van der Waals surface area contributed by atoms with E-state index in [0.717, 1.165) is 24.1 Å². The van der Waals surface area contributed by atoms with Crippen molar-refractivity contribution in [3.8, 4) is 0 Å². The van der Waals surface area contributed by atoms with Crippen LogP contribution in [-0.4, -0.2) is 40.2 Å². The Morgan fingerprint density at radius 3 is 2.88 bits per heavy atom. The number of nitrogens with two attached hydrogens (primary N) is 1. The summed E-state index contributed by atoms with van der Waals surface area (Å²) in [6, 6.07) is 7.57. The molecule has 1 heterocycles. The summed E-state index contributed by atoms with van der Waals surface area (Å²) in [7, 11) is 0. The Kier molecular flexibility index (Phi) is 3.61. The lowest BCUT2D eigenvalue weighted by Gasteiger charge is -2.17. The maximum absolute atomic E-state index is 9.47. The molecule has 0 aliphatic carbocycles. The van der Waals surface area contributed by atoms with Crippen molar-refractivity contribution in [2.45, 2.75) is 19.1 Å². The number of aliphatic hydroxyl groups excluding tert-OH is 1. The predicted molar refractivity (Wildman–Crippen MR) is 64.9 cm³/mol. The van der Waals surface area contributed by atoms with Crippen LogP contribution in [0.2, 0.25) is 0 Å². The average molecular weight is 235 g/mol. The first-order valence-electron chi connectivity index (χ1n) is 5.67. The van der Waals surface area contributed by atoms with Crippen LogP contribution in [0.3, 0.4) is 0 Å². The van der Waals surface area contributed by atoms with E-state index in [1.165, 1.54) is 0 Å². The highest BCUT2D eigenvalue weighted by Crippen LogP contribution is 2.16. The molecule has 2 rings (SSSR count). The first-order valence-corrected chi connectivity index (χ1v) is 5.67. The van der Waals surface area contributed by atoms with Crippen molar-refractivity contribution >= 4 is 5.84 Å². The minimum Gasteiger partial charge on any atom is -0.409 e. The van der Waals surface area contributed by atoms with Gasteiger partial charge in [-0.2, -0.15) is 0 Å². The largest absolute Gasteiger partial charge is 0.409 e. The molecule has 0 radical (unpaired) electrons. The molecule has 0 spiro atoms. The van der Waals surface area contributed by atoms with Gasteiger partial charge < -0.3 is 16.0 Å². The van der Waals surface area contributed by atoms with Gasteiger partial charge >= 0.3 is 0 Å². The van der Waals surface area contributed by atoms with Crippen LogP contribution in [0.1, 0.15) is 17.5 Å². The van der Waals surface area contributed by atoms with Crippen molar-refractivity contribution in [2.75, 3.05) is 13.1 Å². The van der Waals surface area contributed by atoms with Crippen LogP contribution >= 0.6 is 0 Å². The van der Waals surface area contributed by atoms with Crippen molar-refractivity contribution in [3.63, 3.8) is 0 Å². The number of hydrogen-bond acceptors (Lipinski definition) is 4. The van der Waals surface area contributed by atoms with E-state index in [4.69, 9.17) is 10.9 Å². The highest BCUT2D eigenvalue weighted by atomic mass is 16.4. The Balaban J connectivity index is 2.15. The second-order valence-electron chi connectivity index (χ2n) is 4.32. The number of β-amino-alcohol motifs (C(OH)–C–C–N with tert-alkyl or cyclic N) is 1. The first kappa shape index (κ1) is 11.9. The van der Waals surface area contributed by atoms with Crippen LogP contribution in [0.4, 0.5) is 0 Å². The van der Waals surface area contributed by atoms with Gasteiger partial charge in [-0.1, -0.05) is 29.4 Å². The van der Waals surface area contributed by atoms with Crippen LogP contribution in [0, 0.1) is 0 Å². The molecule has 5 heteroatoms. The fourth-order valence-electron chi connectivity index (χ4n) is 2.16. The van der Waals surface area contributed by atoms with E-state index in [1.54, 1.807) is 0 Å². The predicted octanol–water partition coefficient (Wildman–Crippen LogP) is 0.348. The third-order valence-electron chi connectivity index (χ3n) is 3.04. The van der Waals surface area contributed by atoms with Crippen molar-refractivity contribution in [2.24, 2.45) is 10.9 Å². The standard InChI is InChI=1S/C12H17N3O2/c13-12(14-17)11-4-2-1-3-9(11)7-15-6-5-10(16)8-15/h1-4,10,16-17H,5-8H2,(H2,13,14). The molecule has 0 aromatic heterocycles. The Hall–Kier alpha value is -1.59. The average Bonchev–Trinajstić information content (AvgIpc) is 2.74. The monoisotopic (exact) mass is 235 g/mol. The third-order valence-corrected chi connectivity index (χ3v) is 3.04. The number of rotatable bonds is 3. The SMILES string of the molecule is NC(=NO)c1ccccc1CN1CCC(O)C1. The van der Waals surface area contributed by atoms with E-state index in [0.29, 0.717) is 13.1 Å². The van der Waals surface area contributed by atoms with Gasteiger partial charge in [-0.15, -0.1) is 0 Å². The number of benzene rings is 1. The summed E-state index contributed by atoms with van der Waals surface area (Å²) in [5, 5.41) is 21.2. The number of amidine groups is 1. The molecule has 0 saturated carbocycles. The zero-order valence-electron chi connectivity index (χ0n) is 9.58. The Morgan fingerprint density at radius 2 is 2.24 bits per heavy atom. The van der Waals surface area contributed by atoms with Crippen molar-refractivity contribution in [1.82, 2.24) is 4.90 Å². The Bertz CT molecular complexity index is 420. The smallest absolute Gasteiger partial charge is 0.170 e. The summed E-state index contributed by atoms with van der Waals surface area (Å²) in [6.45, 7) is 2.28. The summed E-state index contributed by atoms with van der Waals surface area (Å²) in [5.41, 5.74) is 7.39. The fourth-order valence-corrected chi connectivity index (χ4v) is 2.16. The molecule has 1 saturated heterocycles. The van der Waals surface area contributed by atoms with Crippen LogP contribution < -0.4 is 5.73 Å². The molecule has 17 heavy (non-hydrogen) atoms. The molecular formula is C12H17N3O2. The molecule has 1 aromatic carbocycles. The maximum Gasteiger partial charge on any atom is 0.170 e. The molecular weight excluding hydrogens is 218 g/mol. The second kappa shape index (κ2) is 5.16. The van der Waals surface area contributed by atoms with Crippen LogP contribution in [0.5, 0.6) is 0 Å². The molecule has 1 aliphatic rings. The molecule has 1 aromatic rings. The second-order valence-corrected chi connectivity index (χ2v) is 4.32.